The number of anilines is 3. The summed E-state index contributed by atoms with van der Waals surface area (Å²) in [6.07, 6.45) is -2.00. The van der Waals surface area contributed by atoms with Gasteiger partial charge in [-0.05, 0) is 48.7 Å². The topological polar surface area (TPSA) is 155 Å². The van der Waals surface area contributed by atoms with Gasteiger partial charge in [0.2, 0.25) is 17.6 Å². The molecule has 2 aromatic carbocycles. The van der Waals surface area contributed by atoms with E-state index in [1.165, 1.54) is 0 Å². The molecular weight excluding hydrogens is 742 g/mol. The zero-order chi connectivity index (χ0) is 37.9. The Kier molecular flexibility index (Phi) is 11.3. The first-order valence-corrected chi connectivity index (χ1v) is 17.4. The van der Waals surface area contributed by atoms with E-state index in [0.717, 1.165) is 28.3 Å². The average molecular weight is 777 g/mol. The molecule has 14 nitrogen and oxygen atoms in total. The second kappa shape index (κ2) is 15.9. The molecule has 4 aromatic rings. The maximum Gasteiger partial charge on any atom is 0.416 e. The lowest BCUT2D eigenvalue weighted by Gasteiger charge is -2.36. The maximum atomic E-state index is 14.2. The molecule has 0 radical (unpaired) electrons. The summed E-state index contributed by atoms with van der Waals surface area (Å²) in [6.45, 7) is 2.93. The van der Waals surface area contributed by atoms with Crippen LogP contribution in [0.15, 0.2) is 53.3 Å². The Hall–Kier alpha value is -5.13. The molecule has 3 N–H and O–H groups in total. The van der Waals surface area contributed by atoms with Crippen LogP contribution in [0.4, 0.5) is 35.0 Å². The van der Waals surface area contributed by atoms with Crippen molar-refractivity contribution in [2.75, 3.05) is 61.5 Å². The number of carbonyl (C=O) groups is 3. The van der Waals surface area contributed by atoms with Crippen LogP contribution in [0.2, 0.25) is 10.0 Å². The van der Waals surface area contributed by atoms with Gasteiger partial charge in [0.25, 0.3) is 5.56 Å². The van der Waals surface area contributed by atoms with Gasteiger partial charge in [-0.2, -0.15) is 22.7 Å². The summed E-state index contributed by atoms with van der Waals surface area (Å²) < 4.78 is 47.7. The van der Waals surface area contributed by atoms with E-state index in [1.54, 1.807) is 33.7 Å². The van der Waals surface area contributed by atoms with Gasteiger partial charge < -0.3 is 35.1 Å². The van der Waals surface area contributed by atoms with E-state index in [1.807, 2.05) is 17.9 Å². The Balaban J connectivity index is 1.23. The van der Waals surface area contributed by atoms with Crippen molar-refractivity contribution in [2.24, 2.45) is 0 Å². The number of aromatic nitrogens is 4. The summed E-state index contributed by atoms with van der Waals surface area (Å²) in [5.74, 6) is -0.561. The van der Waals surface area contributed by atoms with Gasteiger partial charge in [-0.1, -0.05) is 48.3 Å². The van der Waals surface area contributed by atoms with Crippen LogP contribution in [-0.4, -0.2) is 87.8 Å². The number of nitrogens with one attached hydrogen (secondary N) is 3. The first-order valence-electron chi connectivity index (χ1n) is 16.6. The number of nitrogens with zero attached hydrogens (tertiary/aromatic N) is 6. The number of ether oxygens (including phenoxy) is 1. The number of carbonyl (C=O) groups excluding carboxylic acids is 3. The largest absolute Gasteiger partial charge is 0.416 e. The van der Waals surface area contributed by atoms with Crippen molar-refractivity contribution in [1.82, 2.24) is 29.4 Å². The minimum Gasteiger partial charge on any atom is -0.377 e. The average Bonchev–Trinajstić information content (AvgIpc) is 3.60. The van der Waals surface area contributed by atoms with Crippen LogP contribution >= 0.6 is 23.2 Å². The summed E-state index contributed by atoms with van der Waals surface area (Å²) >= 11 is 12.2. The molecule has 4 amide bonds. The fraction of sp³-hybridized carbons (Fsp3) is 0.353. The Morgan fingerprint density at radius 2 is 1.72 bits per heavy atom. The van der Waals surface area contributed by atoms with Crippen LogP contribution < -0.4 is 26.4 Å². The second-order valence-electron chi connectivity index (χ2n) is 12.1. The van der Waals surface area contributed by atoms with Crippen LogP contribution in [0.1, 0.15) is 30.4 Å². The molecule has 280 valence electrons. The summed E-state index contributed by atoms with van der Waals surface area (Å²) in [7, 11) is 0. The molecule has 4 heterocycles. The molecule has 1 fully saturated rings. The molecule has 0 saturated carbocycles. The first kappa shape index (κ1) is 37.6. The smallest absolute Gasteiger partial charge is 0.377 e. The summed E-state index contributed by atoms with van der Waals surface area (Å²) in [5.41, 5.74) is 0.445. The number of alkyl halides is 3. The number of para-hydroxylation sites is 1. The highest BCUT2D eigenvalue weighted by Gasteiger charge is 2.32. The van der Waals surface area contributed by atoms with E-state index in [-0.39, 0.29) is 73.8 Å². The van der Waals surface area contributed by atoms with E-state index in [9.17, 15) is 32.3 Å². The van der Waals surface area contributed by atoms with Crippen molar-refractivity contribution in [2.45, 2.75) is 32.5 Å². The van der Waals surface area contributed by atoms with E-state index in [2.05, 4.69) is 26.0 Å². The van der Waals surface area contributed by atoms with Crippen molar-refractivity contribution in [1.29, 1.82) is 0 Å². The molecule has 0 aliphatic carbocycles. The van der Waals surface area contributed by atoms with Crippen molar-refractivity contribution in [3.8, 4) is 0 Å². The summed E-state index contributed by atoms with van der Waals surface area (Å²) in [5, 5.41) is 12.3. The number of urea groups is 1. The zero-order valence-corrected chi connectivity index (χ0v) is 29.8. The summed E-state index contributed by atoms with van der Waals surface area (Å²) in [4.78, 5) is 61.1. The molecule has 6 rings (SSSR count). The molecule has 2 aliphatic rings. The lowest BCUT2D eigenvalue weighted by molar-refractivity contribution is -0.137. The Morgan fingerprint density at radius 3 is 2.38 bits per heavy atom. The fourth-order valence-electron chi connectivity index (χ4n) is 6.10. The highest BCUT2D eigenvalue weighted by Crippen LogP contribution is 2.34. The third-order valence-corrected chi connectivity index (χ3v) is 9.40. The number of benzene rings is 2. The van der Waals surface area contributed by atoms with Crippen molar-refractivity contribution in [3.05, 3.63) is 86.0 Å². The van der Waals surface area contributed by atoms with Gasteiger partial charge in [0.15, 0.2) is 5.82 Å². The molecule has 2 aliphatic heterocycles. The standard InChI is InChI=1S/C34H34Cl2F3N9O5/c1-2-26-29(46-13-11-45(12-14-46)28(50)18-40-32(52)42-24-6-4-3-5-22(24)35)31(51)48-33(43-30(44-48)20-9-15-53-16-10-20)47(26)19-27(49)41-25-8-7-21(17-23(25)36)34(37,38)39/h3-9,17H,2,10-16,18-19H2,1H3,(H,41,49)(H2,40,42,52). The van der Waals surface area contributed by atoms with Gasteiger partial charge in [0.05, 0.1) is 52.4 Å². The Bertz CT molecular complexity index is 2150. The van der Waals surface area contributed by atoms with Gasteiger partial charge in [0.1, 0.15) is 12.2 Å². The molecule has 2 aromatic heterocycles. The van der Waals surface area contributed by atoms with E-state index < -0.39 is 29.2 Å². The Morgan fingerprint density at radius 1 is 0.981 bits per heavy atom. The predicted molar refractivity (Wildman–Crippen MR) is 192 cm³/mol. The van der Waals surface area contributed by atoms with Crippen molar-refractivity contribution in [3.63, 3.8) is 0 Å². The number of rotatable bonds is 9. The molecule has 0 unspecified atom stereocenters. The highest BCUT2D eigenvalue weighted by molar-refractivity contribution is 6.34. The van der Waals surface area contributed by atoms with Crippen molar-refractivity contribution < 1.29 is 32.3 Å². The van der Waals surface area contributed by atoms with Gasteiger partial charge in [0, 0.05) is 26.2 Å². The predicted octanol–water partition coefficient (Wildman–Crippen LogP) is 4.69. The number of fused-ring (bicyclic) bond motifs is 1. The maximum absolute atomic E-state index is 14.2. The third kappa shape index (κ3) is 8.42. The number of hydrogen-bond acceptors (Lipinski definition) is 8. The van der Waals surface area contributed by atoms with Crippen LogP contribution in [0.5, 0.6) is 0 Å². The lowest BCUT2D eigenvalue weighted by Crippen LogP contribution is -2.53. The van der Waals surface area contributed by atoms with E-state index >= 15 is 0 Å². The van der Waals surface area contributed by atoms with Gasteiger partial charge in [-0.3, -0.25) is 14.4 Å². The fourth-order valence-corrected chi connectivity index (χ4v) is 6.51. The first-order chi connectivity index (χ1) is 25.3. The quantitative estimate of drug-likeness (QED) is 0.221. The van der Waals surface area contributed by atoms with E-state index in [0.29, 0.717) is 41.9 Å². The number of halogens is 5. The minimum absolute atomic E-state index is 0.0221. The second-order valence-corrected chi connectivity index (χ2v) is 13.0. The van der Waals surface area contributed by atoms with Crippen LogP contribution in [0, 0.1) is 0 Å². The summed E-state index contributed by atoms with van der Waals surface area (Å²) in [6, 6.07) is 8.71. The zero-order valence-electron chi connectivity index (χ0n) is 28.3. The molecule has 53 heavy (non-hydrogen) atoms. The number of hydrogen-bond donors (Lipinski definition) is 3. The molecule has 19 heteroatoms. The van der Waals surface area contributed by atoms with Crippen molar-refractivity contribution >= 4 is 69.5 Å². The van der Waals surface area contributed by atoms with Gasteiger partial charge in [-0.15, -0.1) is 5.10 Å². The SMILES string of the molecule is CCc1c(N2CCN(C(=O)CNC(=O)Nc3ccccc3Cl)CC2)c(=O)n2nc(C3=CCOCC3)nc2n1CC(=O)Nc1ccc(C(F)(F)F)cc1Cl. The highest BCUT2D eigenvalue weighted by atomic mass is 35.5. The molecule has 0 spiro atoms. The number of piperazine rings is 1. The number of amides is 4. The minimum atomic E-state index is -4.62. The molecule has 0 bridgehead atoms. The molecule has 0 atom stereocenters. The van der Waals surface area contributed by atoms with Crippen LogP contribution in [0.3, 0.4) is 0 Å². The lowest BCUT2D eigenvalue weighted by atomic mass is 10.1. The van der Waals surface area contributed by atoms with E-state index in [4.69, 9.17) is 27.9 Å². The Labute approximate surface area is 310 Å². The van der Waals surface area contributed by atoms with Gasteiger partial charge in [-0.25, -0.2) is 4.79 Å². The van der Waals surface area contributed by atoms with Crippen LogP contribution in [-0.2, 0) is 33.5 Å². The monoisotopic (exact) mass is 775 g/mol. The molecule has 1 saturated heterocycles. The normalized spacial score (nSPS) is 14.9. The van der Waals surface area contributed by atoms with Gasteiger partial charge >= 0.3 is 12.2 Å². The molecular formula is C34H34Cl2F3N9O5. The third-order valence-electron chi connectivity index (χ3n) is 8.75. The van der Waals surface area contributed by atoms with Crippen LogP contribution in [0.25, 0.3) is 11.4 Å².